The van der Waals surface area contributed by atoms with Crippen LogP contribution in [0.3, 0.4) is 0 Å². The van der Waals surface area contributed by atoms with E-state index < -0.39 is 34.3 Å². The second kappa shape index (κ2) is 6.33. The van der Waals surface area contributed by atoms with E-state index in [4.69, 9.17) is 0 Å². The van der Waals surface area contributed by atoms with E-state index in [0.29, 0.717) is 10.4 Å². The van der Waals surface area contributed by atoms with Crippen LogP contribution in [-0.2, 0) is 25.7 Å². The molecule has 0 saturated heterocycles. The van der Waals surface area contributed by atoms with E-state index in [1.54, 1.807) is 0 Å². The summed E-state index contributed by atoms with van der Waals surface area (Å²) in [7, 11) is -2.85. The van der Waals surface area contributed by atoms with Crippen molar-refractivity contribution < 1.29 is 31.1 Å². The Labute approximate surface area is 120 Å². The normalized spacial score (nSPS) is 12.0. The molecule has 1 aromatic carbocycles. The molecule has 0 radical (unpaired) electrons. The first-order valence-electron chi connectivity index (χ1n) is 5.86. The highest BCUT2D eigenvalue weighted by Crippen LogP contribution is 2.32. The van der Waals surface area contributed by atoms with Crippen molar-refractivity contribution in [3.63, 3.8) is 0 Å². The predicted octanol–water partition coefficient (Wildman–Crippen LogP) is 2.03. The number of esters is 1. The van der Waals surface area contributed by atoms with Crippen molar-refractivity contribution in [1.82, 2.24) is 0 Å². The van der Waals surface area contributed by atoms with Gasteiger partial charge in [0.15, 0.2) is 0 Å². The van der Waals surface area contributed by atoms with Crippen molar-refractivity contribution in [2.75, 3.05) is 23.7 Å². The summed E-state index contributed by atoms with van der Waals surface area (Å²) in [6.45, 7) is 0.640. The molecule has 1 aromatic rings. The zero-order valence-electron chi connectivity index (χ0n) is 11.3. The van der Waals surface area contributed by atoms with Crippen LogP contribution < -0.4 is 4.31 Å². The number of sulfonamides is 1. The average Bonchev–Trinajstić information content (AvgIpc) is 2.43. The molecule has 0 heterocycles. The Hall–Kier alpha value is -1.77. The van der Waals surface area contributed by atoms with Crippen LogP contribution in [0.2, 0.25) is 0 Å². The van der Waals surface area contributed by atoms with Crippen LogP contribution in [0.15, 0.2) is 24.3 Å². The molecule has 1 rings (SSSR count). The summed E-state index contributed by atoms with van der Waals surface area (Å²) in [5.74, 6) is -1.23. The molecule has 21 heavy (non-hydrogen) atoms. The van der Waals surface area contributed by atoms with Crippen molar-refractivity contribution in [2.24, 2.45) is 0 Å². The van der Waals surface area contributed by atoms with Crippen LogP contribution in [-0.4, -0.2) is 33.8 Å². The number of anilines is 1. The predicted molar refractivity (Wildman–Crippen MR) is 70.3 cm³/mol. The fourth-order valence-electron chi connectivity index (χ4n) is 1.53. The minimum Gasteiger partial charge on any atom is -0.468 e. The third-order valence-corrected chi connectivity index (χ3v) is 4.40. The van der Waals surface area contributed by atoms with Crippen LogP contribution in [0.25, 0.3) is 0 Å². The second-order valence-electron chi connectivity index (χ2n) is 4.03. The van der Waals surface area contributed by atoms with Crippen LogP contribution in [0.1, 0.15) is 12.5 Å². The number of ether oxygens (including phenoxy) is 1. The van der Waals surface area contributed by atoms with Crippen LogP contribution in [0.4, 0.5) is 18.9 Å². The third-order valence-electron chi connectivity index (χ3n) is 2.66. The van der Waals surface area contributed by atoms with Crippen molar-refractivity contribution in [3.8, 4) is 0 Å². The first-order chi connectivity index (χ1) is 9.61. The van der Waals surface area contributed by atoms with Gasteiger partial charge in [-0.1, -0.05) is 6.07 Å². The number of alkyl halides is 3. The molecule has 0 fully saturated rings. The molecule has 0 atom stereocenters. The van der Waals surface area contributed by atoms with E-state index in [1.807, 2.05) is 0 Å². The fraction of sp³-hybridized carbons (Fsp3) is 0.417. The van der Waals surface area contributed by atoms with Gasteiger partial charge < -0.3 is 4.74 Å². The summed E-state index contributed by atoms with van der Waals surface area (Å²) >= 11 is 0. The first kappa shape index (κ1) is 17.3. The Balaban J connectivity index is 3.30. The van der Waals surface area contributed by atoms with Gasteiger partial charge in [-0.3, -0.25) is 9.10 Å². The number of carbonyl (C=O) groups is 1. The zero-order chi connectivity index (χ0) is 16.3. The highest BCUT2D eigenvalue weighted by Gasteiger charge is 2.32. The number of hydrogen-bond acceptors (Lipinski definition) is 4. The molecule has 0 N–H and O–H groups in total. The summed E-state index contributed by atoms with van der Waals surface area (Å²) in [6.07, 6.45) is -4.61. The molecule has 0 aromatic heterocycles. The maximum atomic E-state index is 12.7. The fourth-order valence-corrected chi connectivity index (χ4v) is 2.57. The van der Waals surface area contributed by atoms with Gasteiger partial charge in [0.1, 0.15) is 6.54 Å². The van der Waals surface area contributed by atoms with Gasteiger partial charge >= 0.3 is 12.1 Å². The largest absolute Gasteiger partial charge is 0.468 e. The summed E-state index contributed by atoms with van der Waals surface area (Å²) in [6, 6.07) is 3.76. The number of benzene rings is 1. The lowest BCUT2D eigenvalue weighted by Crippen LogP contribution is -2.37. The molecule has 9 heteroatoms. The monoisotopic (exact) mass is 325 g/mol. The minimum atomic E-state index is -4.61. The molecular weight excluding hydrogens is 311 g/mol. The SMILES string of the molecule is CCS(=O)(=O)N(CC(=O)OC)c1cccc(C(F)(F)F)c1. The molecule has 0 bridgehead atoms. The smallest absolute Gasteiger partial charge is 0.416 e. The van der Waals surface area contributed by atoms with E-state index in [2.05, 4.69) is 4.74 Å². The zero-order valence-corrected chi connectivity index (χ0v) is 12.2. The maximum Gasteiger partial charge on any atom is 0.416 e. The molecule has 0 aliphatic carbocycles. The Morgan fingerprint density at radius 3 is 2.43 bits per heavy atom. The summed E-state index contributed by atoms with van der Waals surface area (Å²) in [5, 5.41) is 0. The molecule has 0 aliphatic rings. The van der Waals surface area contributed by atoms with E-state index in [0.717, 1.165) is 19.2 Å². The van der Waals surface area contributed by atoms with Gasteiger partial charge in [0.2, 0.25) is 10.0 Å². The van der Waals surface area contributed by atoms with Crippen molar-refractivity contribution in [3.05, 3.63) is 29.8 Å². The van der Waals surface area contributed by atoms with E-state index in [9.17, 15) is 26.4 Å². The Morgan fingerprint density at radius 1 is 1.33 bits per heavy atom. The second-order valence-corrected chi connectivity index (χ2v) is 6.21. The molecule has 118 valence electrons. The molecule has 0 amide bonds. The van der Waals surface area contributed by atoms with Crippen molar-refractivity contribution >= 4 is 21.7 Å². The third kappa shape index (κ3) is 4.35. The van der Waals surface area contributed by atoms with Crippen molar-refractivity contribution in [2.45, 2.75) is 13.1 Å². The van der Waals surface area contributed by atoms with E-state index in [-0.39, 0.29) is 11.4 Å². The number of methoxy groups -OCH3 is 1. The highest BCUT2D eigenvalue weighted by atomic mass is 32.2. The van der Waals surface area contributed by atoms with Crippen LogP contribution in [0.5, 0.6) is 0 Å². The standard InChI is InChI=1S/C12H14F3NO4S/c1-3-21(18,19)16(8-11(17)20-2)10-6-4-5-9(7-10)12(13,14)15/h4-7H,3,8H2,1-2H3. The lowest BCUT2D eigenvalue weighted by Gasteiger charge is -2.23. The van der Waals surface area contributed by atoms with Crippen molar-refractivity contribution in [1.29, 1.82) is 0 Å². The molecular formula is C12H14F3NO4S. The molecule has 0 saturated carbocycles. The van der Waals surface area contributed by atoms with E-state index in [1.165, 1.54) is 13.0 Å². The average molecular weight is 325 g/mol. The quantitative estimate of drug-likeness (QED) is 0.777. The molecule has 0 aliphatic heterocycles. The van der Waals surface area contributed by atoms with Gasteiger partial charge in [-0.2, -0.15) is 13.2 Å². The molecule has 0 unspecified atom stereocenters. The Kier molecular flexibility index (Phi) is 5.21. The van der Waals surface area contributed by atoms with Crippen LogP contribution >= 0.6 is 0 Å². The van der Waals surface area contributed by atoms with E-state index >= 15 is 0 Å². The Morgan fingerprint density at radius 2 is 1.95 bits per heavy atom. The maximum absolute atomic E-state index is 12.7. The van der Waals surface area contributed by atoms with Gasteiger partial charge in [0.25, 0.3) is 0 Å². The molecule has 0 spiro atoms. The topological polar surface area (TPSA) is 63.7 Å². The Bertz CT molecular complexity index is 613. The summed E-state index contributed by atoms with van der Waals surface area (Å²) < 4.78 is 66.9. The number of halogens is 3. The van der Waals surface area contributed by atoms with Gasteiger partial charge in [-0.05, 0) is 25.1 Å². The van der Waals surface area contributed by atoms with Gasteiger partial charge in [0.05, 0.1) is 24.1 Å². The number of carbonyl (C=O) groups excluding carboxylic acids is 1. The number of rotatable bonds is 5. The van der Waals surface area contributed by atoms with Gasteiger partial charge in [-0.15, -0.1) is 0 Å². The van der Waals surface area contributed by atoms with Gasteiger partial charge in [0, 0.05) is 0 Å². The lowest BCUT2D eigenvalue weighted by molar-refractivity contribution is -0.139. The van der Waals surface area contributed by atoms with Gasteiger partial charge in [-0.25, -0.2) is 8.42 Å². The van der Waals surface area contributed by atoms with Crippen LogP contribution in [0, 0.1) is 0 Å². The summed E-state index contributed by atoms with van der Waals surface area (Å²) in [5.41, 5.74) is -1.24. The number of nitrogens with zero attached hydrogens (tertiary/aromatic N) is 1. The number of hydrogen-bond donors (Lipinski definition) is 0. The minimum absolute atomic E-state index is 0.239. The molecule has 5 nitrogen and oxygen atoms in total. The highest BCUT2D eigenvalue weighted by molar-refractivity contribution is 7.92. The first-order valence-corrected chi connectivity index (χ1v) is 7.47. The summed E-state index contributed by atoms with van der Waals surface area (Å²) in [4.78, 5) is 11.3. The lowest BCUT2D eigenvalue weighted by atomic mass is 10.2.